The van der Waals surface area contributed by atoms with Gasteiger partial charge in [0.1, 0.15) is 0 Å². The largest absolute Gasteiger partial charge is 0.294 e. The van der Waals surface area contributed by atoms with Crippen molar-refractivity contribution in [3.63, 3.8) is 0 Å². The Hall–Kier alpha value is -0.890. The maximum Gasteiger partial charge on any atom is 0.0372 e. The molecule has 0 radical (unpaired) electrons. The summed E-state index contributed by atoms with van der Waals surface area (Å²) in [5.41, 5.74) is 2.50. The molecule has 1 aliphatic heterocycles. The smallest absolute Gasteiger partial charge is 0.0372 e. The maximum atomic E-state index is 4.42. The highest BCUT2D eigenvalue weighted by Gasteiger charge is 2.25. The second-order valence-electron chi connectivity index (χ2n) is 5.08. The van der Waals surface area contributed by atoms with Gasteiger partial charge in [0, 0.05) is 24.0 Å². The van der Waals surface area contributed by atoms with Crippen LogP contribution >= 0.6 is 0 Å². The van der Waals surface area contributed by atoms with E-state index in [1.165, 1.54) is 31.4 Å². The van der Waals surface area contributed by atoms with E-state index in [4.69, 9.17) is 0 Å². The summed E-state index contributed by atoms with van der Waals surface area (Å²) in [6.07, 6.45) is 6.03. The Morgan fingerprint density at radius 2 is 2.12 bits per heavy atom. The van der Waals surface area contributed by atoms with Crippen molar-refractivity contribution in [2.45, 2.75) is 52.1 Å². The highest BCUT2D eigenvalue weighted by Crippen LogP contribution is 2.31. The van der Waals surface area contributed by atoms with Gasteiger partial charge >= 0.3 is 0 Å². The van der Waals surface area contributed by atoms with Crippen LogP contribution in [0.15, 0.2) is 18.3 Å². The zero-order valence-electron chi connectivity index (χ0n) is 10.6. The van der Waals surface area contributed by atoms with Crippen molar-refractivity contribution < 1.29 is 0 Å². The number of aromatic nitrogens is 1. The third kappa shape index (κ3) is 2.43. The second-order valence-corrected chi connectivity index (χ2v) is 5.08. The van der Waals surface area contributed by atoms with E-state index >= 15 is 0 Å². The lowest BCUT2D eigenvalue weighted by molar-refractivity contribution is 0.112. The van der Waals surface area contributed by atoms with Crippen LogP contribution in [0.2, 0.25) is 0 Å². The summed E-state index contributed by atoms with van der Waals surface area (Å²) in [5, 5.41) is 0. The van der Waals surface area contributed by atoms with Crippen LogP contribution < -0.4 is 0 Å². The molecule has 1 fully saturated rings. The standard InChI is InChI=1S/C14H22N2/c1-11(2)16-9-5-4-6-14(16)13-8-7-12(3)15-10-13/h7-8,10-11,14H,4-6,9H2,1-3H3. The fourth-order valence-corrected chi connectivity index (χ4v) is 2.61. The average molecular weight is 218 g/mol. The quantitative estimate of drug-likeness (QED) is 0.757. The fourth-order valence-electron chi connectivity index (χ4n) is 2.61. The minimum Gasteiger partial charge on any atom is -0.294 e. The molecule has 0 N–H and O–H groups in total. The fraction of sp³-hybridized carbons (Fsp3) is 0.643. The number of hydrogen-bond donors (Lipinski definition) is 0. The van der Waals surface area contributed by atoms with Gasteiger partial charge in [0.2, 0.25) is 0 Å². The lowest BCUT2D eigenvalue weighted by atomic mass is 9.95. The molecule has 2 rings (SSSR count). The van der Waals surface area contributed by atoms with Gasteiger partial charge in [0.15, 0.2) is 0 Å². The molecule has 2 nitrogen and oxygen atoms in total. The van der Waals surface area contributed by atoms with E-state index in [2.05, 4.69) is 42.1 Å². The number of nitrogens with zero attached hydrogens (tertiary/aromatic N) is 2. The van der Waals surface area contributed by atoms with Crippen molar-refractivity contribution in [2.75, 3.05) is 6.54 Å². The molecule has 2 heterocycles. The second kappa shape index (κ2) is 4.96. The van der Waals surface area contributed by atoms with E-state index in [1.54, 1.807) is 0 Å². The molecule has 0 spiro atoms. The molecule has 1 aliphatic rings. The maximum absolute atomic E-state index is 4.42. The molecule has 16 heavy (non-hydrogen) atoms. The zero-order chi connectivity index (χ0) is 11.5. The van der Waals surface area contributed by atoms with Crippen LogP contribution in [-0.4, -0.2) is 22.5 Å². The molecule has 2 heteroatoms. The first kappa shape index (κ1) is 11.6. The topological polar surface area (TPSA) is 16.1 Å². The van der Waals surface area contributed by atoms with Crippen molar-refractivity contribution >= 4 is 0 Å². The van der Waals surface area contributed by atoms with Gasteiger partial charge in [-0.15, -0.1) is 0 Å². The molecule has 1 saturated heterocycles. The molecule has 1 atom stereocenters. The minimum atomic E-state index is 0.585. The van der Waals surface area contributed by atoms with Crippen LogP contribution in [0, 0.1) is 6.92 Å². The van der Waals surface area contributed by atoms with E-state index in [0.29, 0.717) is 12.1 Å². The number of rotatable bonds is 2. The Labute approximate surface area is 98.7 Å². The summed E-state index contributed by atoms with van der Waals surface area (Å²) < 4.78 is 0. The van der Waals surface area contributed by atoms with Crippen LogP contribution in [-0.2, 0) is 0 Å². The number of aryl methyl sites for hydroxylation is 1. The van der Waals surface area contributed by atoms with Gasteiger partial charge in [0.05, 0.1) is 0 Å². The van der Waals surface area contributed by atoms with Gasteiger partial charge in [-0.1, -0.05) is 12.5 Å². The van der Waals surface area contributed by atoms with Crippen LogP contribution in [0.25, 0.3) is 0 Å². The minimum absolute atomic E-state index is 0.585. The Bertz CT molecular complexity index is 329. The molecule has 1 aromatic heterocycles. The third-order valence-electron chi connectivity index (χ3n) is 3.53. The monoisotopic (exact) mass is 218 g/mol. The Morgan fingerprint density at radius 3 is 2.75 bits per heavy atom. The molecular weight excluding hydrogens is 196 g/mol. The SMILES string of the molecule is Cc1ccc(C2CCCCN2C(C)C)cn1. The van der Waals surface area contributed by atoms with E-state index in [-0.39, 0.29) is 0 Å². The van der Waals surface area contributed by atoms with E-state index < -0.39 is 0 Å². The van der Waals surface area contributed by atoms with E-state index in [1.807, 2.05) is 6.92 Å². The molecule has 1 unspecified atom stereocenters. The van der Waals surface area contributed by atoms with Gasteiger partial charge in [-0.2, -0.15) is 0 Å². The lowest BCUT2D eigenvalue weighted by Crippen LogP contribution is -2.38. The van der Waals surface area contributed by atoms with Gasteiger partial charge in [-0.05, 0) is 51.8 Å². The first-order valence-corrected chi connectivity index (χ1v) is 6.37. The van der Waals surface area contributed by atoms with Gasteiger partial charge in [-0.3, -0.25) is 9.88 Å². The van der Waals surface area contributed by atoms with E-state index in [9.17, 15) is 0 Å². The lowest BCUT2D eigenvalue weighted by Gasteiger charge is -2.38. The van der Waals surface area contributed by atoms with Crippen LogP contribution in [0.4, 0.5) is 0 Å². The molecule has 1 aromatic rings. The van der Waals surface area contributed by atoms with Crippen molar-refractivity contribution in [3.05, 3.63) is 29.6 Å². The molecule has 0 amide bonds. The predicted octanol–water partition coefficient (Wildman–Crippen LogP) is 3.33. The first-order chi connectivity index (χ1) is 7.68. The van der Waals surface area contributed by atoms with Crippen molar-refractivity contribution in [3.8, 4) is 0 Å². The summed E-state index contributed by atoms with van der Waals surface area (Å²) in [6.45, 7) is 7.86. The molecular formula is C14H22N2. The van der Waals surface area contributed by atoms with Crippen molar-refractivity contribution in [2.24, 2.45) is 0 Å². The van der Waals surface area contributed by atoms with Gasteiger partial charge < -0.3 is 0 Å². The van der Waals surface area contributed by atoms with Crippen molar-refractivity contribution in [1.29, 1.82) is 0 Å². The number of pyridine rings is 1. The predicted molar refractivity (Wildman–Crippen MR) is 67.4 cm³/mol. The molecule has 0 bridgehead atoms. The normalized spacial score (nSPS) is 22.6. The highest BCUT2D eigenvalue weighted by atomic mass is 15.2. The van der Waals surface area contributed by atoms with Crippen LogP contribution in [0.1, 0.15) is 50.4 Å². The Kier molecular flexibility index (Phi) is 3.59. The molecule has 88 valence electrons. The number of likely N-dealkylation sites (tertiary alicyclic amines) is 1. The first-order valence-electron chi connectivity index (χ1n) is 6.37. The number of piperidine rings is 1. The molecule has 0 aromatic carbocycles. The highest BCUT2D eigenvalue weighted by molar-refractivity contribution is 5.18. The molecule has 0 saturated carbocycles. The summed E-state index contributed by atoms with van der Waals surface area (Å²) in [6, 6.07) is 5.59. The Morgan fingerprint density at radius 1 is 1.31 bits per heavy atom. The summed E-state index contributed by atoms with van der Waals surface area (Å²) in [7, 11) is 0. The third-order valence-corrected chi connectivity index (χ3v) is 3.53. The summed E-state index contributed by atoms with van der Waals surface area (Å²) in [4.78, 5) is 7.03. The Balaban J connectivity index is 2.19. The van der Waals surface area contributed by atoms with Crippen molar-refractivity contribution in [1.82, 2.24) is 9.88 Å². The van der Waals surface area contributed by atoms with Crippen LogP contribution in [0.3, 0.4) is 0 Å². The average Bonchev–Trinajstić information content (AvgIpc) is 2.30. The summed E-state index contributed by atoms with van der Waals surface area (Å²) >= 11 is 0. The number of hydrogen-bond acceptors (Lipinski definition) is 2. The zero-order valence-corrected chi connectivity index (χ0v) is 10.6. The van der Waals surface area contributed by atoms with E-state index in [0.717, 1.165) is 5.69 Å². The van der Waals surface area contributed by atoms with Crippen LogP contribution in [0.5, 0.6) is 0 Å². The van der Waals surface area contributed by atoms with Gasteiger partial charge in [-0.25, -0.2) is 0 Å². The molecule has 0 aliphatic carbocycles. The summed E-state index contributed by atoms with van der Waals surface area (Å²) in [5.74, 6) is 0. The van der Waals surface area contributed by atoms with Gasteiger partial charge in [0.25, 0.3) is 0 Å².